The van der Waals surface area contributed by atoms with Crippen LogP contribution in [0.25, 0.3) is 0 Å². The van der Waals surface area contributed by atoms with Crippen molar-refractivity contribution in [2.24, 2.45) is 0 Å². The van der Waals surface area contributed by atoms with Crippen molar-refractivity contribution in [3.05, 3.63) is 49.9 Å². The molecule has 1 heterocycles. The van der Waals surface area contributed by atoms with Gasteiger partial charge in [-0.3, -0.25) is 0 Å². The molecule has 0 saturated heterocycles. The normalized spacial score (nSPS) is 18.1. The van der Waals surface area contributed by atoms with Crippen LogP contribution in [0.15, 0.2) is 28.7 Å². The molecule has 2 fully saturated rings. The minimum atomic E-state index is 0.741. The lowest BCUT2D eigenvalue weighted by Gasteiger charge is -2.01. The van der Waals surface area contributed by atoms with Gasteiger partial charge in [0.1, 0.15) is 0 Å². The van der Waals surface area contributed by atoms with Crippen LogP contribution in [0.2, 0.25) is 0 Å². The van der Waals surface area contributed by atoms with Gasteiger partial charge in [0.2, 0.25) is 0 Å². The molecular weight excluding hydrogens is 344 g/mol. The third kappa shape index (κ3) is 3.38. The maximum Gasteiger partial charge on any atom is 0.0975 e. The van der Waals surface area contributed by atoms with Gasteiger partial charge < -0.3 is 5.32 Å². The summed E-state index contributed by atoms with van der Waals surface area (Å²) in [6.45, 7) is 1.02. The van der Waals surface area contributed by atoms with Crippen molar-refractivity contribution in [3.8, 4) is 0 Å². The van der Waals surface area contributed by atoms with Crippen LogP contribution < -0.4 is 5.32 Å². The van der Waals surface area contributed by atoms with Crippen molar-refractivity contribution in [1.82, 2.24) is 10.3 Å². The molecule has 2 aliphatic carbocycles. The number of thiazole rings is 1. The number of benzene rings is 1. The lowest BCUT2D eigenvalue weighted by molar-refractivity contribution is 0.688. The van der Waals surface area contributed by atoms with Gasteiger partial charge in [-0.05, 0) is 37.3 Å². The van der Waals surface area contributed by atoms with Crippen LogP contribution in [0.5, 0.6) is 0 Å². The predicted molar refractivity (Wildman–Crippen MR) is 90.9 cm³/mol. The molecule has 1 aromatic heterocycles. The van der Waals surface area contributed by atoms with E-state index in [0.29, 0.717) is 0 Å². The molecule has 21 heavy (non-hydrogen) atoms. The summed E-state index contributed by atoms with van der Waals surface area (Å²) in [7, 11) is 0. The molecule has 0 spiro atoms. The van der Waals surface area contributed by atoms with Crippen LogP contribution in [-0.4, -0.2) is 11.0 Å². The number of aromatic nitrogens is 1. The van der Waals surface area contributed by atoms with E-state index in [1.165, 1.54) is 51.3 Å². The van der Waals surface area contributed by atoms with Crippen molar-refractivity contribution in [2.75, 3.05) is 0 Å². The SMILES string of the molecule is Brc1ccccc1Cc1nc(C2CC2)c(CNC2CC2)s1. The molecule has 0 unspecified atom stereocenters. The molecule has 0 bridgehead atoms. The summed E-state index contributed by atoms with van der Waals surface area (Å²) in [5.41, 5.74) is 2.71. The number of nitrogens with zero attached hydrogens (tertiary/aromatic N) is 1. The Morgan fingerprint density at radius 3 is 2.71 bits per heavy atom. The second kappa shape index (κ2) is 5.82. The number of nitrogens with one attached hydrogen (secondary N) is 1. The molecule has 0 radical (unpaired) electrons. The van der Waals surface area contributed by atoms with Crippen LogP contribution in [0.3, 0.4) is 0 Å². The molecule has 2 aromatic rings. The zero-order valence-electron chi connectivity index (χ0n) is 11.9. The van der Waals surface area contributed by atoms with E-state index in [0.717, 1.165) is 24.9 Å². The number of hydrogen-bond donors (Lipinski definition) is 1. The second-order valence-electron chi connectivity index (χ2n) is 6.11. The topological polar surface area (TPSA) is 24.9 Å². The Morgan fingerprint density at radius 1 is 1.19 bits per heavy atom. The first kappa shape index (κ1) is 13.9. The van der Waals surface area contributed by atoms with Crippen molar-refractivity contribution in [1.29, 1.82) is 0 Å². The third-order valence-corrected chi connectivity index (χ3v) is 6.01. The fraction of sp³-hybridized carbons (Fsp3) is 0.471. The molecule has 0 amide bonds. The van der Waals surface area contributed by atoms with Gasteiger partial charge in [-0.1, -0.05) is 34.1 Å². The van der Waals surface area contributed by atoms with E-state index < -0.39 is 0 Å². The highest BCUT2D eigenvalue weighted by atomic mass is 79.9. The maximum absolute atomic E-state index is 4.96. The highest BCUT2D eigenvalue weighted by Crippen LogP contribution is 2.43. The summed E-state index contributed by atoms with van der Waals surface area (Å²) >= 11 is 5.55. The zero-order valence-corrected chi connectivity index (χ0v) is 14.3. The Balaban J connectivity index is 1.54. The third-order valence-electron chi connectivity index (χ3n) is 4.16. The Morgan fingerprint density at radius 2 is 2.00 bits per heavy atom. The molecule has 2 aliphatic rings. The van der Waals surface area contributed by atoms with Crippen molar-refractivity contribution in [2.45, 2.75) is 50.6 Å². The molecule has 110 valence electrons. The van der Waals surface area contributed by atoms with Crippen LogP contribution in [0.4, 0.5) is 0 Å². The fourth-order valence-corrected chi connectivity index (χ4v) is 4.17. The van der Waals surface area contributed by atoms with Crippen LogP contribution in [0.1, 0.15) is 52.7 Å². The lowest BCUT2D eigenvalue weighted by atomic mass is 10.1. The number of halogens is 1. The van der Waals surface area contributed by atoms with Gasteiger partial charge in [-0.25, -0.2) is 4.98 Å². The van der Waals surface area contributed by atoms with Gasteiger partial charge in [-0.2, -0.15) is 0 Å². The summed E-state index contributed by atoms with van der Waals surface area (Å²) < 4.78 is 1.19. The average Bonchev–Trinajstić information content (AvgIpc) is 3.39. The predicted octanol–water partition coefficient (Wildman–Crippen LogP) is 4.63. The summed E-state index contributed by atoms with van der Waals surface area (Å²) in [6, 6.07) is 9.23. The van der Waals surface area contributed by atoms with Gasteiger partial charge in [-0.15, -0.1) is 11.3 Å². The van der Waals surface area contributed by atoms with Crippen molar-refractivity contribution < 1.29 is 0 Å². The highest BCUT2D eigenvalue weighted by molar-refractivity contribution is 9.10. The van der Waals surface area contributed by atoms with Gasteiger partial charge in [0.15, 0.2) is 0 Å². The average molecular weight is 363 g/mol. The van der Waals surface area contributed by atoms with Crippen LogP contribution in [0, 0.1) is 0 Å². The Labute approximate surface area is 138 Å². The van der Waals surface area contributed by atoms with E-state index in [9.17, 15) is 0 Å². The van der Waals surface area contributed by atoms with Crippen LogP contribution in [-0.2, 0) is 13.0 Å². The first-order valence-electron chi connectivity index (χ1n) is 7.75. The van der Waals surface area contributed by atoms with Gasteiger partial charge in [0.05, 0.1) is 10.7 Å². The van der Waals surface area contributed by atoms with Gasteiger partial charge >= 0.3 is 0 Å². The molecule has 0 aliphatic heterocycles. The smallest absolute Gasteiger partial charge is 0.0975 e. The molecule has 4 rings (SSSR count). The van der Waals surface area contributed by atoms with E-state index in [-0.39, 0.29) is 0 Å². The van der Waals surface area contributed by atoms with Gasteiger partial charge in [0, 0.05) is 34.3 Å². The lowest BCUT2D eigenvalue weighted by Crippen LogP contribution is -2.15. The largest absolute Gasteiger partial charge is 0.309 e. The van der Waals surface area contributed by atoms with Gasteiger partial charge in [0.25, 0.3) is 0 Å². The monoisotopic (exact) mass is 362 g/mol. The second-order valence-corrected chi connectivity index (χ2v) is 8.14. The minimum Gasteiger partial charge on any atom is -0.309 e. The molecule has 1 aromatic carbocycles. The van der Waals surface area contributed by atoms with E-state index in [1.807, 2.05) is 11.3 Å². The summed E-state index contributed by atoms with van der Waals surface area (Å²) in [4.78, 5) is 6.44. The molecule has 2 nitrogen and oxygen atoms in total. The number of rotatable bonds is 6. The summed E-state index contributed by atoms with van der Waals surface area (Å²) in [5, 5.41) is 4.91. The van der Waals surface area contributed by atoms with E-state index in [4.69, 9.17) is 4.98 Å². The molecular formula is C17H19BrN2S. The van der Waals surface area contributed by atoms with E-state index >= 15 is 0 Å². The Kier molecular flexibility index (Phi) is 3.86. The molecule has 1 N–H and O–H groups in total. The minimum absolute atomic E-state index is 0.741. The Bertz CT molecular complexity index is 644. The Hall–Kier alpha value is -0.710. The standard InChI is InChI=1S/C17H19BrN2S/c18-14-4-2-1-3-12(14)9-16-20-17(11-5-6-11)15(21-16)10-19-13-7-8-13/h1-4,11,13,19H,5-10H2. The molecule has 4 heteroatoms. The quantitative estimate of drug-likeness (QED) is 0.810. The zero-order chi connectivity index (χ0) is 14.2. The van der Waals surface area contributed by atoms with E-state index in [1.54, 1.807) is 0 Å². The highest BCUT2D eigenvalue weighted by Gasteiger charge is 2.30. The summed E-state index contributed by atoms with van der Waals surface area (Å²) in [5.74, 6) is 0.741. The first-order valence-corrected chi connectivity index (χ1v) is 9.36. The van der Waals surface area contributed by atoms with E-state index in [2.05, 4.69) is 45.5 Å². The number of hydrogen-bond acceptors (Lipinski definition) is 3. The molecule has 2 saturated carbocycles. The first-order chi connectivity index (χ1) is 10.3. The maximum atomic E-state index is 4.96. The van der Waals surface area contributed by atoms with Crippen LogP contribution >= 0.6 is 27.3 Å². The molecule has 0 atom stereocenters. The fourth-order valence-electron chi connectivity index (χ4n) is 2.62. The summed E-state index contributed by atoms with van der Waals surface area (Å²) in [6.07, 6.45) is 6.29. The van der Waals surface area contributed by atoms with Crippen molar-refractivity contribution >= 4 is 27.3 Å². The van der Waals surface area contributed by atoms with Crippen molar-refractivity contribution in [3.63, 3.8) is 0 Å².